The number of urea groups is 1. The van der Waals surface area contributed by atoms with E-state index in [0.29, 0.717) is 5.56 Å². The molecule has 1 saturated heterocycles. The van der Waals surface area contributed by atoms with Crippen molar-refractivity contribution in [2.45, 2.75) is 6.42 Å². The van der Waals surface area contributed by atoms with Crippen LogP contribution < -0.4 is 5.32 Å². The van der Waals surface area contributed by atoms with E-state index in [0.717, 1.165) is 4.90 Å². The third-order valence-corrected chi connectivity index (χ3v) is 2.47. The molecule has 0 spiro atoms. The van der Waals surface area contributed by atoms with Crippen LogP contribution in [0.5, 0.6) is 0 Å². The lowest BCUT2D eigenvalue weighted by molar-refractivity contribution is -0.140. The van der Waals surface area contributed by atoms with Crippen molar-refractivity contribution in [2.24, 2.45) is 0 Å². The van der Waals surface area contributed by atoms with E-state index in [9.17, 15) is 18.8 Å². The number of amides is 4. The Hall–Kier alpha value is -2.24. The van der Waals surface area contributed by atoms with Crippen LogP contribution in [0, 0.1) is 5.82 Å². The first-order valence-electron chi connectivity index (χ1n) is 5.00. The predicted octanol–water partition coefficient (Wildman–Crippen LogP) is 0.447. The maximum absolute atomic E-state index is 13.3. The summed E-state index contributed by atoms with van der Waals surface area (Å²) in [5.41, 5.74) is 0.396. The largest absolute Gasteiger partial charge is 0.331 e. The molecular weight excluding hydrogens is 227 g/mol. The molecule has 0 aromatic heterocycles. The number of benzene rings is 1. The van der Waals surface area contributed by atoms with Gasteiger partial charge in [0.15, 0.2) is 0 Å². The molecule has 0 bridgehead atoms. The van der Waals surface area contributed by atoms with Crippen LogP contribution in [0.3, 0.4) is 0 Å². The van der Waals surface area contributed by atoms with Gasteiger partial charge in [-0.1, -0.05) is 18.2 Å². The third kappa shape index (κ3) is 2.15. The average Bonchev–Trinajstić information content (AvgIpc) is 2.53. The third-order valence-electron chi connectivity index (χ3n) is 2.47. The van der Waals surface area contributed by atoms with Crippen molar-refractivity contribution in [3.8, 4) is 0 Å². The van der Waals surface area contributed by atoms with E-state index in [1.165, 1.54) is 6.07 Å². The Bertz CT molecular complexity index is 501. The first kappa shape index (κ1) is 11.3. The molecule has 4 amide bonds. The van der Waals surface area contributed by atoms with Gasteiger partial charge in [-0.25, -0.2) is 9.18 Å². The van der Waals surface area contributed by atoms with Gasteiger partial charge >= 0.3 is 17.8 Å². The molecule has 1 heterocycles. The Balaban J connectivity index is 2.04. The molecule has 1 N–H and O–H groups in total. The highest BCUT2D eigenvalue weighted by Crippen LogP contribution is 2.09. The maximum atomic E-state index is 13.3. The molecule has 0 aliphatic carbocycles. The van der Waals surface area contributed by atoms with Crippen LogP contribution in [0.25, 0.3) is 0 Å². The van der Waals surface area contributed by atoms with Gasteiger partial charge in [-0.05, 0) is 18.1 Å². The number of halogens is 1. The normalized spacial score (nSPS) is 15.4. The summed E-state index contributed by atoms with van der Waals surface area (Å²) in [4.78, 5) is 34.1. The average molecular weight is 236 g/mol. The van der Waals surface area contributed by atoms with Crippen molar-refractivity contribution in [3.05, 3.63) is 35.6 Å². The molecule has 17 heavy (non-hydrogen) atoms. The van der Waals surface area contributed by atoms with Gasteiger partial charge in [-0.15, -0.1) is 0 Å². The number of nitrogens with one attached hydrogen (secondary N) is 1. The monoisotopic (exact) mass is 236 g/mol. The second-order valence-electron chi connectivity index (χ2n) is 3.56. The molecular formula is C11H9FN2O3. The Morgan fingerprint density at radius 2 is 1.88 bits per heavy atom. The highest BCUT2D eigenvalue weighted by molar-refractivity contribution is 6.44. The van der Waals surface area contributed by atoms with Gasteiger partial charge in [0.2, 0.25) is 0 Å². The summed E-state index contributed by atoms with van der Waals surface area (Å²) in [7, 11) is 0. The number of nitrogens with zero attached hydrogens (tertiary/aromatic N) is 1. The van der Waals surface area contributed by atoms with E-state index in [4.69, 9.17) is 0 Å². The van der Waals surface area contributed by atoms with Gasteiger partial charge in [0.25, 0.3) is 0 Å². The van der Waals surface area contributed by atoms with Gasteiger partial charge in [-0.2, -0.15) is 0 Å². The van der Waals surface area contributed by atoms with Crippen molar-refractivity contribution in [1.82, 2.24) is 10.2 Å². The minimum atomic E-state index is -0.941. The van der Waals surface area contributed by atoms with E-state index in [1.54, 1.807) is 18.2 Å². The van der Waals surface area contributed by atoms with Gasteiger partial charge in [-0.3, -0.25) is 19.8 Å². The van der Waals surface area contributed by atoms with Gasteiger partial charge in [0, 0.05) is 6.54 Å². The summed E-state index contributed by atoms with van der Waals surface area (Å²) < 4.78 is 13.3. The first-order valence-corrected chi connectivity index (χ1v) is 5.00. The Labute approximate surface area is 96.2 Å². The standard InChI is InChI=1S/C11H9FN2O3/c12-8-4-2-1-3-7(8)5-6-14-10(16)9(15)13-11(14)17/h1-4H,5-6H2,(H,13,15,17). The Morgan fingerprint density at radius 1 is 1.18 bits per heavy atom. The number of carbonyl (C=O) groups excluding carboxylic acids is 3. The molecule has 1 aliphatic heterocycles. The number of hydrogen-bond donors (Lipinski definition) is 1. The van der Waals surface area contributed by atoms with E-state index < -0.39 is 23.7 Å². The van der Waals surface area contributed by atoms with E-state index in [-0.39, 0.29) is 13.0 Å². The molecule has 1 aliphatic rings. The minimum absolute atomic E-state index is 0.0165. The molecule has 5 nitrogen and oxygen atoms in total. The van der Waals surface area contributed by atoms with Crippen molar-refractivity contribution < 1.29 is 18.8 Å². The quantitative estimate of drug-likeness (QED) is 0.612. The molecule has 1 aromatic carbocycles. The van der Waals surface area contributed by atoms with Crippen LogP contribution in [0.2, 0.25) is 0 Å². The highest BCUT2D eigenvalue weighted by atomic mass is 19.1. The molecule has 1 fully saturated rings. The minimum Gasteiger partial charge on any atom is -0.269 e. The Kier molecular flexibility index (Phi) is 2.86. The lowest BCUT2D eigenvalue weighted by Gasteiger charge is -2.11. The first-order chi connectivity index (χ1) is 8.09. The van der Waals surface area contributed by atoms with Crippen molar-refractivity contribution in [3.63, 3.8) is 0 Å². The van der Waals surface area contributed by atoms with Gasteiger partial charge in [0.05, 0.1) is 0 Å². The number of carbonyl (C=O) groups is 3. The van der Waals surface area contributed by atoms with Crippen LogP contribution in [-0.2, 0) is 16.0 Å². The van der Waals surface area contributed by atoms with Gasteiger partial charge in [0.1, 0.15) is 5.82 Å². The molecule has 0 unspecified atom stereocenters. The number of hydrogen-bond acceptors (Lipinski definition) is 3. The molecule has 0 radical (unpaired) electrons. The zero-order valence-electron chi connectivity index (χ0n) is 8.77. The molecule has 0 atom stereocenters. The van der Waals surface area contributed by atoms with Crippen LogP contribution in [0.15, 0.2) is 24.3 Å². The van der Waals surface area contributed by atoms with Crippen molar-refractivity contribution in [2.75, 3.05) is 6.54 Å². The maximum Gasteiger partial charge on any atom is 0.331 e. The fraction of sp³-hybridized carbons (Fsp3) is 0.182. The summed E-state index contributed by atoms with van der Waals surface area (Å²) in [5, 5.41) is 1.87. The summed E-state index contributed by atoms with van der Waals surface area (Å²) in [6.45, 7) is -0.0165. The second kappa shape index (κ2) is 4.32. The zero-order valence-corrected chi connectivity index (χ0v) is 8.77. The summed E-state index contributed by atoms with van der Waals surface area (Å²) in [6, 6.07) is 5.32. The SMILES string of the molecule is O=C1NC(=O)N(CCc2ccccc2F)C1=O. The number of imide groups is 2. The lowest BCUT2D eigenvalue weighted by Crippen LogP contribution is -2.33. The van der Waals surface area contributed by atoms with Crippen LogP contribution in [0.4, 0.5) is 9.18 Å². The van der Waals surface area contributed by atoms with Crippen LogP contribution in [-0.4, -0.2) is 29.3 Å². The molecule has 88 valence electrons. The van der Waals surface area contributed by atoms with Crippen LogP contribution >= 0.6 is 0 Å². The highest BCUT2D eigenvalue weighted by Gasteiger charge is 2.36. The van der Waals surface area contributed by atoms with E-state index in [1.807, 2.05) is 5.32 Å². The Morgan fingerprint density at radius 3 is 2.47 bits per heavy atom. The van der Waals surface area contributed by atoms with E-state index >= 15 is 0 Å². The zero-order chi connectivity index (χ0) is 12.4. The van der Waals surface area contributed by atoms with Crippen molar-refractivity contribution >= 4 is 17.8 Å². The molecule has 6 heteroatoms. The van der Waals surface area contributed by atoms with Gasteiger partial charge < -0.3 is 0 Å². The summed E-state index contributed by atoms with van der Waals surface area (Å²) in [5.74, 6) is -2.24. The molecule has 1 aromatic rings. The van der Waals surface area contributed by atoms with E-state index in [2.05, 4.69) is 0 Å². The smallest absolute Gasteiger partial charge is 0.269 e. The number of rotatable bonds is 3. The summed E-state index contributed by atoms with van der Waals surface area (Å²) in [6.07, 6.45) is 0.180. The topological polar surface area (TPSA) is 66.5 Å². The predicted molar refractivity (Wildman–Crippen MR) is 55.4 cm³/mol. The second-order valence-corrected chi connectivity index (χ2v) is 3.56. The van der Waals surface area contributed by atoms with Crippen molar-refractivity contribution in [1.29, 1.82) is 0 Å². The fourth-order valence-electron chi connectivity index (χ4n) is 1.57. The fourth-order valence-corrected chi connectivity index (χ4v) is 1.57. The molecule has 2 rings (SSSR count). The lowest BCUT2D eigenvalue weighted by atomic mass is 10.1. The molecule has 0 saturated carbocycles. The summed E-state index contributed by atoms with van der Waals surface area (Å²) >= 11 is 0. The van der Waals surface area contributed by atoms with Crippen LogP contribution in [0.1, 0.15) is 5.56 Å².